The zero-order valence-electron chi connectivity index (χ0n) is 19.8. The predicted molar refractivity (Wildman–Crippen MR) is 117 cm³/mol. The van der Waals surface area contributed by atoms with Crippen molar-refractivity contribution in [2.75, 3.05) is 26.7 Å². The lowest BCUT2D eigenvalue weighted by Gasteiger charge is -2.36. The van der Waals surface area contributed by atoms with Gasteiger partial charge in [0.05, 0.1) is 18.0 Å². The van der Waals surface area contributed by atoms with Crippen molar-refractivity contribution in [2.24, 2.45) is 10.8 Å². The first-order chi connectivity index (χ1) is 14.4. The molecule has 2 saturated heterocycles. The van der Waals surface area contributed by atoms with Crippen molar-refractivity contribution in [2.45, 2.75) is 78.6 Å². The molecular formula is C22H38N6O3. The molecule has 9 heteroatoms. The van der Waals surface area contributed by atoms with Crippen LogP contribution in [0.4, 0.5) is 0 Å². The molecule has 2 aliphatic heterocycles. The van der Waals surface area contributed by atoms with Crippen LogP contribution in [0.5, 0.6) is 0 Å². The van der Waals surface area contributed by atoms with Crippen LogP contribution in [0.1, 0.15) is 65.6 Å². The molecule has 9 nitrogen and oxygen atoms in total. The zero-order valence-corrected chi connectivity index (χ0v) is 19.8. The summed E-state index contributed by atoms with van der Waals surface area (Å²) in [5.74, 6) is -0.473. The summed E-state index contributed by atoms with van der Waals surface area (Å²) in [5.41, 5.74) is 0.781. The molecule has 1 aromatic heterocycles. The highest BCUT2D eigenvalue weighted by molar-refractivity contribution is 5.90. The van der Waals surface area contributed by atoms with Gasteiger partial charge in [-0.2, -0.15) is 0 Å². The molecule has 3 atom stereocenters. The average molecular weight is 435 g/mol. The number of aliphatic hydroxyl groups excluding tert-OH is 1. The first-order valence-electron chi connectivity index (χ1n) is 11.2. The second kappa shape index (κ2) is 8.86. The third-order valence-electron chi connectivity index (χ3n) is 6.58. The standard InChI is InChI=1S/C22H38N6O3/c1-21(2,3)18(20(31)27-14-16(29)11-17(27)19(30)23-6)28-13-15(24-25-28)12-26-9-7-22(4,5)8-10-26/h13,16-18,29H,7-12,14H2,1-6H3,(H,23,30)/t16?,17?,18-/m1/s1. The molecule has 3 heterocycles. The number of rotatable bonds is 5. The van der Waals surface area contributed by atoms with Gasteiger partial charge in [-0.1, -0.05) is 39.8 Å². The number of nitrogens with zero attached hydrogens (tertiary/aromatic N) is 5. The third kappa shape index (κ3) is 5.44. The Morgan fingerprint density at radius 2 is 1.94 bits per heavy atom. The molecule has 0 radical (unpaired) electrons. The number of carbonyl (C=O) groups is 2. The van der Waals surface area contributed by atoms with E-state index in [1.165, 1.54) is 4.90 Å². The van der Waals surface area contributed by atoms with Crippen LogP contribution in [0.15, 0.2) is 6.20 Å². The van der Waals surface area contributed by atoms with Crippen molar-refractivity contribution < 1.29 is 14.7 Å². The van der Waals surface area contributed by atoms with E-state index in [0.717, 1.165) is 31.6 Å². The smallest absolute Gasteiger partial charge is 0.248 e. The molecule has 0 bridgehead atoms. The van der Waals surface area contributed by atoms with Crippen LogP contribution in [0.25, 0.3) is 0 Å². The van der Waals surface area contributed by atoms with E-state index in [-0.39, 0.29) is 24.8 Å². The Labute approximate surface area is 185 Å². The number of carbonyl (C=O) groups excluding carboxylic acids is 2. The fourth-order valence-corrected chi connectivity index (χ4v) is 4.57. The summed E-state index contributed by atoms with van der Waals surface area (Å²) in [6.45, 7) is 13.5. The summed E-state index contributed by atoms with van der Waals surface area (Å²) in [6, 6.07) is -1.29. The predicted octanol–water partition coefficient (Wildman–Crippen LogP) is 1.20. The molecule has 0 saturated carbocycles. The minimum absolute atomic E-state index is 0.147. The molecule has 3 rings (SSSR count). The molecule has 0 aromatic carbocycles. The van der Waals surface area contributed by atoms with E-state index in [0.29, 0.717) is 12.0 Å². The van der Waals surface area contributed by atoms with Gasteiger partial charge < -0.3 is 15.3 Å². The Bertz CT molecular complexity index is 789. The highest BCUT2D eigenvalue weighted by Gasteiger charge is 2.45. The van der Waals surface area contributed by atoms with Crippen molar-refractivity contribution >= 4 is 11.8 Å². The van der Waals surface area contributed by atoms with E-state index in [1.807, 2.05) is 27.0 Å². The van der Waals surface area contributed by atoms with Gasteiger partial charge in [0, 0.05) is 26.6 Å². The summed E-state index contributed by atoms with van der Waals surface area (Å²) in [4.78, 5) is 29.7. The number of nitrogens with one attached hydrogen (secondary N) is 1. The molecule has 174 valence electrons. The van der Waals surface area contributed by atoms with Gasteiger partial charge in [-0.05, 0) is 36.8 Å². The molecule has 0 spiro atoms. The molecule has 2 N–H and O–H groups in total. The molecule has 2 amide bonds. The lowest BCUT2D eigenvalue weighted by atomic mass is 9.83. The number of β-amino-alcohol motifs (C(OH)–C–C–N with tert-alkyl or cyclic N) is 1. The van der Waals surface area contributed by atoms with Gasteiger partial charge >= 0.3 is 0 Å². The van der Waals surface area contributed by atoms with Crippen molar-refractivity contribution in [1.29, 1.82) is 0 Å². The fourth-order valence-electron chi connectivity index (χ4n) is 4.57. The van der Waals surface area contributed by atoms with Crippen molar-refractivity contribution in [3.05, 3.63) is 11.9 Å². The third-order valence-corrected chi connectivity index (χ3v) is 6.58. The first kappa shape index (κ1) is 23.7. The number of hydrogen-bond acceptors (Lipinski definition) is 6. The number of likely N-dealkylation sites (N-methyl/N-ethyl adjacent to an activating group) is 1. The fraction of sp³-hybridized carbons (Fsp3) is 0.818. The largest absolute Gasteiger partial charge is 0.391 e. The van der Waals surface area contributed by atoms with Gasteiger partial charge in [0.15, 0.2) is 0 Å². The van der Waals surface area contributed by atoms with Crippen LogP contribution in [-0.2, 0) is 16.1 Å². The second-order valence-electron chi connectivity index (χ2n) is 10.9. The number of likely N-dealkylation sites (tertiary alicyclic amines) is 2. The minimum atomic E-state index is -0.707. The van der Waals surface area contributed by atoms with Crippen molar-refractivity contribution in [3.63, 3.8) is 0 Å². The first-order valence-corrected chi connectivity index (χ1v) is 11.2. The maximum atomic E-state index is 13.6. The molecule has 0 aliphatic carbocycles. The summed E-state index contributed by atoms with van der Waals surface area (Å²) in [6.07, 6.45) is 3.71. The van der Waals surface area contributed by atoms with Crippen LogP contribution in [0.3, 0.4) is 0 Å². The number of piperidine rings is 1. The number of aromatic nitrogens is 3. The summed E-state index contributed by atoms with van der Waals surface area (Å²) in [7, 11) is 1.54. The summed E-state index contributed by atoms with van der Waals surface area (Å²) < 4.78 is 1.64. The van der Waals surface area contributed by atoms with Crippen LogP contribution in [0.2, 0.25) is 0 Å². The van der Waals surface area contributed by atoms with Gasteiger partial charge in [0.25, 0.3) is 0 Å². The Morgan fingerprint density at radius 3 is 2.52 bits per heavy atom. The lowest BCUT2D eigenvalue weighted by Crippen LogP contribution is -2.49. The summed E-state index contributed by atoms with van der Waals surface area (Å²) in [5, 5.41) is 21.4. The van der Waals surface area contributed by atoms with Crippen molar-refractivity contribution in [3.8, 4) is 0 Å². The van der Waals surface area contributed by atoms with E-state index in [9.17, 15) is 14.7 Å². The second-order valence-corrected chi connectivity index (χ2v) is 10.9. The quantitative estimate of drug-likeness (QED) is 0.722. The Morgan fingerprint density at radius 1 is 1.29 bits per heavy atom. The monoisotopic (exact) mass is 434 g/mol. The van der Waals surface area contributed by atoms with Gasteiger partial charge in [0.1, 0.15) is 12.1 Å². The highest BCUT2D eigenvalue weighted by Crippen LogP contribution is 2.34. The van der Waals surface area contributed by atoms with Gasteiger partial charge in [-0.15, -0.1) is 5.10 Å². The number of amides is 2. The summed E-state index contributed by atoms with van der Waals surface area (Å²) >= 11 is 0. The zero-order chi connectivity index (χ0) is 23.0. The molecule has 2 aliphatic rings. The average Bonchev–Trinajstić information content (AvgIpc) is 3.28. The molecule has 2 unspecified atom stereocenters. The van der Waals surface area contributed by atoms with E-state index >= 15 is 0 Å². The topological polar surface area (TPSA) is 104 Å². The van der Waals surface area contributed by atoms with Crippen LogP contribution >= 0.6 is 0 Å². The van der Waals surface area contributed by atoms with Crippen LogP contribution < -0.4 is 5.32 Å². The van der Waals surface area contributed by atoms with Gasteiger partial charge in [-0.3, -0.25) is 14.5 Å². The number of aliphatic hydroxyl groups is 1. The van der Waals surface area contributed by atoms with E-state index in [1.54, 1.807) is 11.7 Å². The molecular weight excluding hydrogens is 396 g/mol. The Balaban J connectivity index is 1.77. The van der Waals surface area contributed by atoms with E-state index in [4.69, 9.17) is 0 Å². The molecule has 2 fully saturated rings. The van der Waals surface area contributed by atoms with Crippen LogP contribution in [-0.4, -0.2) is 80.5 Å². The molecule has 31 heavy (non-hydrogen) atoms. The van der Waals surface area contributed by atoms with E-state index < -0.39 is 23.6 Å². The SMILES string of the molecule is CNC(=O)C1CC(O)CN1C(=O)[C@@H](n1cc(CN2CCC(C)(C)CC2)nn1)C(C)(C)C. The maximum Gasteiger partial charge on any atom is 0.248 e. The Kier molecular flexibility index (Phi) is 6.76. The van der Waals surface area contributed by atoms with Crippen LogP contribution in [0, 0.1) is 10.8 Å². The normalized spacial score (nSPS) is 25.5. The lowest BCUT2D eigenvalue weighted by molar-refractivity contribution is -0.144. The molecule has 1 aromatic rings. The van der Waals surface area contributed by atoms with Gasteiger partial charge in [-0.25, -0.2) is 4.68 Å². The van der Waals surface area contributed by atoms with Crippen molar-refractivity contribution in [1.82, 2.24) is 30.1 Å². The maximum absolute atomic E-state index is 13.6. The van der Waals surface area contributed by atoms with E-state index in [2.05, 4.69) is 34.4 Å². The highest BCUT2D eigenvalue weighted by atomic mass is 16.3. The van der Waals surface area contributed by atoms with Gasteiger partial charge in [0.2, 0.25) is 11.8 Å². The minimum Gasteiger partial charge on any atom is -0.391 e. The Hall–Kier alpha value is -2.00. The number of hydrogen-bond donors (Lipinski definition) is 2.